The molecule has 1 aromatic rings. The average Bonchev–Trinajstić information content (AvgIpc) is 2.19. The molecule has 0 radical (unpaired) electrons. The third kappa shape index (κ3) is 3.93. The first-order chi connectivity index (χ1) is 7.90. The summed E-state index contributed by atoms with van der Waals surface area (Å²) in [5, 5.41) is 13.0. The molecule has 0 bridgehead atoms. The number of carbonyl (C=O) groups is 2. The Morgan fingerprint density at radius 1 is 1.35 bits per heavy atom. The van der Waals surface area contributed by atoms with Gasteiger partial charge in [-0.3, -0.25) is 5.43 Å². The number of amides is 2. The molecule has 0 atom stereocenters. The Balaban J connectivity index is 2.86. The van der Waals surface area contributed by atoms with E-state index < -0.39 is 12.0 Å². The van der Waals surface area contributed by atoms with Crippen molar-refractivity contribution in [2.75, 3.05) is 19.4 Å². The lowest BCUT2D eigenvalue weighted by molar-refractivity contribution is 0.0697. The highest BCUT2D eigenvalue weighted by Crippen LogP contribution is 2.22. The van der Waals surface area contributed by atoms with E-state index in [1.165, 1.54) is 23.2 Å². The zero-order valence-corrected chi connectivity index (χ0v) is 10.1. The lowest BCUT2D eigenvalue weighted by Crippen LogP contribution is -2.39. The summed E-state index contributed by atoms with van der Waals surface area (Å²) in [6, 6.07) is 3.56. The quantitative estimate of drug-likeness (QED) is 0.719. The highest BCUT2D eigenvalue weighted by Gasteiger charge is 2.10. The van der Waals surface area contributed by atoms with Crippen molar-refractivity contribution in [2.45, 2.75) is 0 Å². The molecule has 0 aliphatic heterocycles. The number of aromatic carboxylic acids is 1. The van der Waals surface area contributed by atoms with Crippen LogP contribution in [0.25, 0.3) is 0 Å². The number of hydrogen-bond donors (Lipinski definition) is 3. The number of anilines is 1. The summed E-state index contributed by atoms with van der Waals surface area (Å²) in [5.74, 6) is -1.09. The Hall–Kier alpha value is -1.79. The minimum Gasteiger partial charge on any atom is -0.478 e. The Morgan fingerprint density at radius 3 is 2.53 bits per heavy atom. The SMILES string of the molecule is CN(C)NC(=O)Nc1cc(C(=O)O)ccc1Cl. The second-order valence-electron chi connectivity index (χ2n) is 3.46. The number of benzene rings is 1. The van der Waals surface area contributed by atoms with Gasteiger partial charge in [0, 0.05) is 14.1 Å². The molecule has 6 nitrogen and oxygen atoms in total. The number of nitrogens with zero attached hydrogens (tertiary/aromatic N) is 1. The second kappa shape index (κ2) is 5.51. The maximum atomic E-state index is 11.4. The molecule has 0 spiro atoms. The lowest BCUT2D eigenvalue weighted by Gasteiger charge is -2.13. The van der Waals surface area contributed by atoms with Gasteiger partial charge in [0.1, 0.15) is 0 Å². The molecule has 92 valence electrons. The van der Waals surface area contributed by atoms with E-state index in [0.717, 1.165) is 0 Å². The molecule has 0 aliphatic carbocycles. The van der Waals surface area contributed by atoms with Crippen molar-refractivity contribution in [2.24, 2.45) is 0 Å². The molecule has 2 amide bonds. The molecule has 0 saturated carbocycles. The number of carboxylic acid groups (broad SMARTS) is 1. The Kier molecular flexibility index (Phi) is 4.30. The Morgan fingerprint density at radius 2 is 2.00 bits per heavy atom. The highest BCUT2D eigenvalue weighted by atomic mass is 35.5. The van der Waals surface area contributed by atoms with Crippen LogP contribution in [0.3, 0.4) is 0 Å². The van der Waals surface area contributed by atoms with Gasteiger partial charge in [0.05, 0.1) is 16.3 Å². The van der Waals surface area contributed by atoms with Crippen LogP contribution in [0.1, 0.15) is 10.4 Å². The molecule has 17 heavy (non-hydrogen) atoms. The fourth-order valence-electron chi connectivity index (χ4n) is 1.11. The first kappa shape index (κ1) is 13.3. The largest absolute Gasteiger partial charge is 0.478 e. The first-order valence-electron chi connectivity index (χ1n) is 4.68. The number of hydrazine groups is 1. The van der Waals surface area contributed by atoms with E-state index in [1.807, 2.05) is 0 Å². The molecule has 0 fully saturated rings. The number of rotatable bonds is 3. The van der Waals surface area contributed by atoms with Crippen LogP contribution in [0.15, 0.2) is 18.2 Å². The van der Waals surface area contributed by atoms with Crippen molar-refractivity contribution < 1.29 is 14.7 Å². The highest BCUT2D eigenvalue weighted by molar-refractivity contribution is 6.33. The topological polar surface area (TPSA) is 81.7 Å². The second-order valence-corrected chi connectivity index (χ2v) is 3.87. The van der Waals surface area contributed by atoms with Crippen LogP contribution in [0.5, 0.6) is 0 Å². The Labute approximate surface area is 103 Å². The summed E-state index contributed by atoms with van der Waals surface area (Å²) in [4.78, 5) is 22.1. The minimum absolute atomic E-state index is 0.0505. The number of carboxylic acids is 1. The number of urea groups is 1. The van der Waals surface area contributed by atoms with Crippen molar-refractivity contribution >= 4 is 29.3 Å². The van der Waals surface area contributed by atoms with Gasteiger partial charge in [-0.2, -0.15) is 0 Å². The van der Waals surface area contributed by atoms with E-state index in [-0.39, 0.29) is 16.3 Å². The first-order valence-corrected chi connectivity index (χ1v) is 5.05. The zero-order valence-electron chi connectivity index (χ0n) is 9.32. The monoisotopic (exact) mass is 257 g/mol. The molecule has 0 heterocycles. The van der Waals surface area contributed by atoms with Gasteiger partial charge in [0.15, 0.2) is 0 Å². The third-order valence-electron chi connectivity index (χ3n) is 1.79. The summed E-state index contributed by atoms with van der Waals surface area (Å²) in [6.07, 6.45) is 0. The predicted octanol–water partition coefficient (Wildman–Crippen LogP) is 1.64. The van der Waals surface area contributed by atoms with E-state index in [9.17, 15) is 9.59 Å². The van der Waals surface area contributed by atoms with E-state index >= 15 is 0 Å². The molecular formula is C10H12ClN3O3. The van der Waals surface area contributed by atoms with Gasteiger partial charge in [0.25, 0.3) is 0 Å². The third-order valence-corrected chi connectivity index (χ3v) is 2.12. The summed E-state index contributed by atoms with van der Waals surface area (Å²) in [6.45, 7) is 0. The van der Waals surface area contributed by atoms with Crippen LogP contribution in [0.4, 0.5) is 10.5 Å². The summed E-state index contributed by atoms with van der Waals surface area (Å²) < 4.78 is 0. The lowest BCUT2D eigenvalue weighted by atomic mass is 10.2. The number of nitrogens with one attached hydrogen (secondary N) is 2. The summed E-state index contributed by atoms with van der Waals surface area (Å²) in [7, 11) is 3.30. The fraction of sp³-hybridized carbons (Fsp3) is 0.200. The van der Waals surface area contributed by atoms with Gasteiger partial charge in [-0.1, -0.05) is 11.6 Å². The number of carbonyl (C=O) groups excluding carboxylic acids is 1. The van der Waals surface area contributed by atoms with Crippen LogP contribution < -0.4 is 10.7 Å². The van der Waals surface area contributed by atoms with Crippen molar-refractivity contribution in [1.82, 2.24) is 10.4 Å². The average molecular weight is 258 g/mol. The Bertz CT molecular complexity index is 448. The van der Waals surface area contributed by atoms with Crippen LogP contribution in [-0.4, -0.2) is 36.2 Å². The van der Waals surface area contributed by atoms with Crippen molar-refractivity contribution in [3.63, 3.8) is 0 Å². The molecule has 0 saturated heterocycles. The molecule has 7 heteroatoms. The standard InChI is InChI=1S/C10H12ClN3O3/c1-14(2)13-10(17)12-8-5-6(9(15)16)3-4-7(8)11/h3-5H,1-2H3,(H,15,16)(H2,12,13,17). The number of hydrogen-bond acceptors (Lipinski definition) is 3. The summed E-state index contributed by atoms with van der Waals surface area (Å²) in [5.41, 5.74) is 2.74. The predicted molar refractivity (Wildman–Crippen MR) is 64.3 cm³/mol. The molecule has 1 rings (SSSR count). The molecule has 0 unspecified atom stereocenters. The van der Waals surface area contributed by atoms with Crippen LogP contribution in [0.2, 0.25) is 5.02 Å². The van der Waals surface area contributed by atoms with Crippen LogP contribution >= 0.6 is 11.6 Å². The molecule has 0 aliphatic rings. The smallest absolute Gasteiger partial charge is 0.335 e. The molecule has 0 aromatic heterocycles. The van der Waals surface area contributed by atoms with Crippen molar-refractivity contribution in [1.29, 1.82) is 0 Å². The van der Waals surface area contributed by atoms with Gasteiger partial charge >= 0.3 is 12.0 Å². The minimum atomic E-state index is -1.09. The molecular weight excluding hydrogens is 246 g/mol. The van der Waals surface area contributed by atoms with Crippen LogP contribution in [-0.2, 0) is 0 Å². The molecule has 1 aromatic carbocycles. The van der Waals surface area contributed by atoms with Gasteiger partial charge in [0.2, 0.25) is 0 Å². The van der Waals surface area contributed by atoms with Gasteiger partial charge in [-0.15, -0.1) is 0 Å². The van der Waals surface area contributed by atoms with Crippen molar-refractivity contribution in [3.05, 3.63) is 28.8 Å². The molecule has 3 N–H and O–H groups in total. The van der Waals surface area contributed by atoms with Gasteiger partial charge in [-0.05, 0) is 18.2 Å². The van der Waals surface area contributed by atoms with Gasteiger partial charge < -0.3 is 10.4 Å². The van der Waals surface area contributed by atoms with E-state index in [2.05, 4.69) is 10.7 Å². The van der Waals surface area contributed by atoms with Crippen molar-refractivity contribution in [3.8, 4) is 0 Å². The van der Waals surface area contributed by atoms with Gasteiger partial charge in [-0.25, -0.2) is 14.6 Å². The number of halogens is 1. The zero-order chi connectivity index (χ0) is 13.0. The van der Waals surface area contributed by atoms with E-state index in [4.69, 9.17) is 16.7 Å². The van der Waals surface area contributed by atoms with Crippen LogP contribution in [0, 0.1) is 0 Å². The van der Waals surface area contributed by atoms with E-state index in [0.29, 0.717) is 0 Å². The maximum absolute atomic E-state index is 11.4. The van der Waals surface area contributed by atoms with E-state index in [1.54, 1.807) is 14.1 Å². The summed E-state index contributed by atoms with van der Waals surface area (Å²) >= 11 is 5.83. The fourth-order valence-corrected chi connectivity index (χ4v) is 1.27. The maximum Gasteiger partial charge on any atom is 0.335 e. The normalized spacial score (nSPS) is 10.1.